The highest BCUT2D eigenvalue weighted by atomic mass is 35.5. The Labute approximate surface area is 180 Å². The molecule has 1 saturated heterocycles. The fourth-order valence-electron chi connectivity index (χ4n) is 3.70. The van der Waals surface area contributed by atoms with E-state index in [9.17, 15) is 20.4 Å². The first kappa shape index (κ1) is 23.0. The van der Waals surface area contributed by atoms with Gasteiger partial charge >= 0.3 is 0 Å². The maximum absolute atomic E-state index is 10.7. The summed E-state index contributed by atoms with van der Waals surface area (Å²) in [4.78, 5) is 0. The van der Waals surface area contributed by atoms with Crippen molar-refractivity contribution < 1.29 is 34.6 Å². The number of aliphatic hydroxyl groups excluding tert-OH is 4. The van der Waals surface area contributed by atoms with E-state index in [-0.39, 0.29) is 0 Å². The van der Waals surface area contributed by atoms with Crippen molar-refractivity contribution in [2.24, 2.45) is 0 Å². The molecule has 8 heteroatoms. The van der Waals surface area contributed by atoms with Gasteiger partial charge in [0.05, 0.1) is 13.2 Å². The van der Waals surface area contributed by atoms with Crippen molar-refractivity contribution in [1.82, 2.24) is 0 Å². The highest BCUT2D eigenvalue weighted by Crippen LogP contribution is 2.42. The molecule has 1 aliphatic rings. The van der Waals surface area contributed by atoms with Crippen LogP contribution in [0.25, 0.3) is 0 Å². The molecule has 0 amide bonds. The van der Waals surface area contributed by atoms with Gasteiger partial charge in [-0.15, -0.1) is 0 Å². The second kappa shape index (κ2) is 9.62. The first-order valence-corrected chi connectivity index (χ1v) is 10.1. The zero-order chi connectivity index (χ0) is 21.9. The number of hydrogen-bond acceptors (Lipinski definition) is 7. The molecule has 164 valence electrons. The van der Waals surface area contributed by atoms with Gasteiger partial charge in [0.25, 0.3) is 0 Å². The third-order valence-corrected chi connectivity index (χ3v) is 5.68. The Morgan fingerprint density at radius 2 is 1.87 bits per heavy atom. The highest BCUT2D eigenvalue weighted by molar-refractivity contribution is 6.31. The molecule has 0 radical (unpaired) electrons. The Bertz CT molecular complexity index is 844. The number of aliphatic hydroxyl groups is 4. The molecule has 5 atom stereocenters. The molecular weight excluding hydrogens is 412 g/mol. The molecule has 7 nitrogen and oxygen atoms in total. The van der Waals surface area contributed by atoms with Crippen molar-refractivity contribution >= 4 is 11.6 Å². The summed E-state index contributed by atoms with van der Waals surface area (Å²) in [6, 6.07) is 12.7. The lowest BCUT2D eigenvalue weighted by Crippen LogP contribution is -2.43. The van der Waals surface area contributed by atoms with Crippen LogP contribution in [0.3, 0.4) is 0 Å². The fraction of sp³-hybridized carbons (Fsp3) is 0.455. The highest BCUT2D eigenvalue weighted by Gasteiger charge is 2.57. The van der Waals surface area contributed by atoms with E-state index >= 15 is 0 Å². The second-order valence-corrected chi connectivity index (χ2v) is 7.61. The lowest BCUT2D eigenvalue weighted by Gasteiger charge is -2.31. The van der Waals surface area contributed by atoms with Gasteiger partial charge < -0.3 is 34.6 Å². The van der Waals surface area contributed by atoms with Crippen LogP contribution in [0.4, 0.5) is 0 Å². The van der Waals surface area contributed by atoms with Gasteiger partial charge in [-0.05, 0) is 48.7 Å². The largest absolute Gasteiger partial charge is 0.494 e. The summed E-state index contributed by atoms with van der Waals surface area (Å²) in [6.07, 6.45) is -5.00. The molecule has 1 heterocycles. The molecule has 2 aromatic rings. The molecule has 0 spiro atoms. The molecule has 0 aliphatic carbocycles. The number of ether oxygens (including phenoxy) is 3. The van der Waals surface area contributed by atoms with E-state index in [1.807, 2.05) is 31.2 Å². The van der Waals surface area contributed by atoms with Crippen molar-refractivity contribution in [3.63, 3.8) is 0 Å². The molecule has 0 saturated carbocycles. The number of halogens is 1. The molecule has 1 fully saturated rings. The van der Waals surface area contributed by atoms with E-state index in [1.54, 1.807) is 18.2 Å². The van der Waals surface area contributed by atoms with Crippen molar-refractivity contribution in [3.05, 3.63) is 64.2 Å². The fourth-order valence-corrected chi connectivity index (χ4v) is 3.88. The first-order valence-electron chi connectivity index (χ1n) is 9.75. The molecule has 0 bridgehead atoms. The third kappa shape index (κ3) is 4.33. The summed E-state index contributed by atoms with van der Waals surface area (Å²) < 4.78 is 16.7. The molecule has 1 unspecified atom stereocenters. The van der Waals surface area contributed by atoms with Crippen LogP contribution in [0, 0.1) is 0 Å². The molecule has 2 aromatic carbocycles. The van der Waals surface area contributed by atoms with Gasteiger partial charge in [-0.25, -0.2) is 0 Å². The van der Waals surface area contributed by atoms with Crippen LogP contribution < -0.4 is 4.74 Å². The monoisotopic (exact) mass is 438 g/mol. The zero-order valence-electron chi connectivity index (χ0n) is 16.9. The van der Waals surface area contributed by atoms with Crippen LogP contribution in [0.15, 0.2) is 42.5 Å². The normalized spacial score (nSPS) is 27.2. The van der Waals surface area contributed by atoms with Gasteiger partial charge in [-0.1, -0.05) is 29.8 Å². The number of hydrogen-bond donors (Lipinski definition) is 4. The summed E-state index contributed by atoms with van der Waals surface area (Å²) in [7, 11) is 1.34. The van der Waals surface area contributed by atoms with Crippen LogP contribution in [-0.2, 0) is 21.7 Å². The first-order chi connectivity index (χ1) is 14.4. The molecule has 3 rings (SSSR count). The molecule has 30 heavy (non-hydrogen) atoms. The van der Waals surface area contributed by atoms with Crippen LogP contribution in [-0.4, -0.2) is 65.2 Å². The maximum atomic E-state index is 10.7. The smallest absolute Gasteiger partial charge is 0.224 e. The topological polar surface area (TPSA) is 109 Å². The van der Waals surface area contributed by atoms with Crippen LogP contribution in [0.5, 0.6) is 5.75 Å². The van der Waals surface area contributed by atoms with Crippen molar-refractivity contribution in [3.8, 4) is 5.75 Å². The Balaban J connectivity index is 1.91. The zero-order valence-corrected chi connectivity index (χ0v) is 17.6. The SMILES string of the molecule is CCOc1ccc(Cc2cc(C3(OC)O[C@H]([C@H](O)CO)[C@H](O)[C@H]3O)ccc2Cl)cc1. The number of methoxy groups -OCH3 is 1. The molecular formula is C22H27ClO7. The Kier molecular flexibility index (Phi) is 7.36. The maximum Gasteiger partial charge on any atom is 0.224 e. The van der Waals surface area contributed by atoms with E-state index in [1.165, 1.54) is 7.11 Å². The minimum atomic E-state index is -1.71. The van der Waals surface area contributed by atoms with Gasteiger partial charge in [0.1, 0.15) is 30.2 Å². The van der Waals surface area contributed by atoms with Crippen molar-refractivity contribution in [2.45, 2.75) is 43.5 Å². The predicted molar refractivity (Wildman–Crippen MR) is 111 cm³/mol. The van der Waals surface area contributed by atoms with Crippen molar-refractivity contribution in [2.75, 3.05) is 20.3 Å². The molecule has 1 aliphatic heterocycles. The average Bonchev–Trinajstić information content (AvgIpc) is 3.02. The molecule has 0 aromatic heterocycles. The lowest BCUT2D eigenvalue weighted by atomic mass is 9.94. The van der Waals surface area contributed by atoms with Crippen LogP contribution >= 0.6 is 11.6 Å². The lowest BCUT2D eigenvalue weighted by molar-refractivity contribution is -0.263. The van der Waals surface area contributed by atoms with E-state index in [0.717, 1.165) is 16.9 Å². The summed E-state index contributed by atoms with van der Waals surface area (Å²) in [5, 5.41) is 40.7. The van der Waals surface area contributed by atoms with Gasteiger partial charge in [0, 0.05) is 17.7 Å². The Morgan fingerprint density at radius 1 is 1.17 bits per heavy atom. The summed E-state index contributed by atoms with van der Waals surface area (Å²) in [5.41, 5.74) is 2.21. The van der Waals surface area contributed by atoms with E-state index in [2.05, 4.69) is 0 Å². The van der Waals surface area contributed by atoms with Crippen LogP contribution in [0.1, 0.15) is 23.6 Å². The minimum absolute atomic E-state index is 0.439. The summed E-state index contributed by atoms with van der Waals surface area (Å²) in [6.45, 7) is 1.88. The van der Waals surface area contributed by atoms with E-state index in [0.29, 0.717) is 23.6 Å². The van der Waals surface area contributed by atoms with Gasteiger partial charge in [0.15, 0.2) is 0 Å². The van der Waals surface area contributed by atoms with Gasteiger partial charge in [0.2, 0.25) is 5.79 Å². The quantitative estimate of drug-likeness (QED) is 0.495. The van der Waals surface area contributed by atoms with Crippen molar-refractivity contribution in [1.29, 1.82) is 0 Å². The number of rotatable bonds is 8. The number of benzene rings is 2. The third-order valence-electron chi connectivity index (χ3n) is 5.31. The second-order valence-electron chi connectivity index (χ2n) is 7.20. The summed E-state index contributed by atoms with van der Waals surface area (Å²) >= 11 is 6.40. The van der Waals surface area contributed by atoms with Gasteiger partial charge in [-0.3, -0.25) is 0 Å². The van der Waals surface area contributed by atoms with Crippen LogP contribution in [0.2, 0.25) is 5.02 Å². The Morgan fingerprint density at radius 3 is 2.47 bits per heavy atom. The minimum Gasteiger partial charge on any atom is -0.494 e. The van der Waals surface area contributed by atoms with E-state index < -0.39 is 36.8 Å². The average molecular weight is 439 g/mol. The summed E-state index contributed by atoms with van der Waals surface area (Å²) in [5.74, 6) is -0.928. The Hall–Kier alpha value is -1.71. The van der Waals surface area contributed by atoms with Gasteiger partial charge in [-0.2, -0.15) is 0 Å². The van der Waals surface area contributed by atoms with E-state index in [4.69, 9.17) is 25.8 Å². The molecule has 4 N–H and O–H groups in total. The standard InChI is InChI=1S/C22H27ClO7/c1-3-29-16-7-4-13(5-8-16)10-14-11-15(6-9-17(14)23)22(28-2)21(27)19(26)20(30-22)18(25)12-24/h4-9,11,18-21,24-27H,3,10,12H2,1-2H3/t18-,19+,20-,21-,22?/m1/s1. The predicted octanol–water partition coefficient (Wildman–Crippen LogP) is 1.60.